The fraction of sp³-hybridized carbons (Fsp3) is 0.296. The van der Waals surface area contributed by atoms with Crippen LogP contribution in [0.2, 0.25) is 0 Å². The first-order valence-electron chi connectivity index (χ1n) is 12.1. The highest BCUT2D eigenvalue weighted by atomic mass is 19.4. The van der Waals surface area contributed by atoms with Gasteiger partial charge in [0.05, 0.1) is 19.7 Å². The number of carbonyl (C=O) groups excluding carboxylic acids is 1. The number of hydrogen-bond acceptors (Lipinski definition) is 5. The number of hydrogen-bond donors (Lipinski definition) is 2. The van der Waals surface area contributed by atoms with E-state index in [-0.39, 0.29) is 40.6 Å². The largest absolute Gasteiger partial charge is 0.494 e. The molecule has 0 spiro atoms. The van der Waals surface area contributed by atoms with Gasteiger partial charge in [-0.05, 0) is 65.8 Å². The van der Waals surface area contributed by atoms with Gasteiger partial charge in [0.2, 0.25) is 0 Å². The Morgan fingerprint density at radius 1 is 1.26 bits per heavy atom. The van der Waals surface area contributed by atoms with Crippen LogP contribution >= 0.6 is 0 Å². The topological polar surface area (TPSA) is 98.1 Å². The van der Waals surface area contributed by atoms with Gasteiger partial charge in [-0.3, -0.25) is 19.5 Å². The van der Waals surface area contributed by atoms with Crippen molar-refractivity contribution in [3.05, 3.63) is 88.9 Å². The molecule has 1 fully saturated rings. The summed E-state index contributed by atoms with van der Waals surface area (Å²) in [6.45, 7) is 0.0896. The predicted molar refractivity (Wildman–Crippen MR) is 131 cm³/mol. The molecule has 1 aliphatic rings. The molecule has 1 atom stereocenters. The van der Waals surface area contributed by atoms with E-state index in [0.29, 0.717) is 11.1 Å². The number of oxazole rings is 1. The number of aryl methyl sites for hydroxylation is 1. The molecule has 2 aromatic carbocycles. The summed E-state index contributed by atoms with van der Waals surface area (Å²) in [5.41, 5.74) is 0.0461. The number of rotatable bonds is 8. The smallest absolute Gasteiger partial charge is 0.435 e. The van der Waals surface area contributed by atoms with E-state index in [1.165, 1.54) is 61.6 Å². The summed E-state index contributed by atoms with van der Waals surface area (Å²) in [4.78, 5) is 13.6. The molecule has 204 valence electrons. The van der Waals surface area contributed by atoms with Crippen molar-refractivity contribution in [3.8, 4) is 16.9 Å². The molecule has 0 radical (unpaired) electrons. The van der Waals surface area contributed by atoms with Crippen LogP contribution in [0.15, 0.2) is 59.5 Å². The maximum Gasteiger partial charge on any atom is 0.435 e. The molecule has 39 heavy (non-hydrogen) atoms. The van der Waals surface area contributed by atoms with E-state index >= 15 is 0 Å². The second kappa shape index (κ2) is 10.1. The number of nitrogens with one attached hydrogen (secondary N) is 2. The number of methoxy groups -OCH3 is 1. The van der Waals surface area contributed by atoms with E-state index in [1.807, 2.05) is 0 Å². The maximum absolute atomic E-state index is 14.0. The summed E-state index contributed by atoms with van der Waals surface area (Å²) >= 11 is 0. The molecule has 0 saturated heterocycles. The van der Waals surface area contributed by atoms with Crippen molar-refractivity contribution < 1.29 is 31.5 Å². The second-order valence-electron chi connectivity index (χ2n) is 9.50. The Hall–Kier alpha value is -4.35. The lowest BCUT2D eigenvalue weighted by atomic mass is 9.98. The van der Waals surface area contributed by atoms with Crippen molar-refractivity contribution >= 4 is 5.91 Å². The van der Waals surface area contributed by atoms with Gasteiger partial charge in [0.1, 0.15) is 6.26 Å². The van der Waals surface area contributed by atoms with E-state index in [9.17, 15) is 22.4 Å². The molecule has 0 unspecified atom stereocenters. The average molecular weight is 544 g/mol. The van der Waals surface area contributed by atoms with Crippen molar-refractivity contribution in [2.45, 2.75) is 31.6 Å². The molecule has 1 aliphatic carbocycles. The van der Waals surface area contributed by atoms with Gasteiger partial charge in [-0.15, -0.1) is 0 Å². The lowest BCUT2D eigenvalue weighted by Gasteiger charge is -2.20. The number of alkyl halides is 3. The predicted octanol–water partition coefficient (Wildman–Crippen LogP) is 5.06. The minimum Gasteiger partial charge on any atom is -0.494 e. The quantitative estimate of drug-likeness (QED) is 0.304. The van der Waals surface area contributed by atoms with Crippen molar-refractivity contribution in [3.63, 3.8) is 0 Å². The SMILES string of the molecule is COc1cc([C@@H](NC(=O)c2cc(Cn3ccoc3=N)cc(-c3cn(C)nc3C(F)(F)F)c2)C2CC2)ccc1F. The zero-order valence-electron chi connectivity index (χ0n) is 21.1. The number of aromatic nitrogens is 3. The first kappa shape index (κ1) is 26.3. The molecule has 4 aromatic rings. The minimum atomic E-state index is -4.71. The van der Waals surface area contributed by atoms with Crippen LogP contribution in [0.1, 0.15) is 46.1 Å². The van der Waals surface area contributed by atoms with Gasteiger partial charge < -0.3 is 14.5 Å². The fourth-order valence-electron chi connectivity index (χ4n) is 4.60. The van der Waals surface area contributed by atoms with Crippen molar-refractivity contribution in [2.75, 3.05) is 7.11 Å². The van der Waals surface area contributed by atoms with Crippen molar-refractivity contribution in [1.29, 1.82) is 5.41 Å². The lowest BCUT2D eigenvalue weighted by Crippen LogP contribution is -2.30. The molecular weight excluding hydrogens is 518 g/mol. The Balaban J connectivity index is 1.55. The van der Waals surface area contributed by atoms with Crippen LogP contribution in [0.5, 0.6) is 5.75 Å². The Morgan fingerprint density at radius 3 is 2.67 bits per heavy atom. The van der Waals surface area contributed by atoms with E-state index in [1.54, 1.807) is 12.1 Å². The van der Waals surface area contributed by atoms with Crippen LogP contribution in [0, 0.1) is 17.1 Å². The van der Waals surface area contributed by atoms with Gasteiger partial charge in [0.25, 0.3) is 11.6 Å². The first-order chi connectivity index (χ1) is 18.5. The summed E-state index contributed by atoms with van der Waals surface area (Å²) in [5.74, 6) is -0.841. The Kier molecular flexibility index (Phi) is 6.79. The van der Waals surface area contributed by atoms with Crippen molar-refractivity contribution in [1.82, 2.24) is 19.7 Å². The molecule has 5 rings (SSSR count). The Bertz CT molecular complexity index is 1580. The summed E-state index contributed by atoms with van der Waals surface area (Å²) < 4.78 is 68.0. The maximum atomic E-state index is 14.0. The van der Waals surface area contributed by atoms with E-state index < -0.39 is 29.6 Å². The molecule has 8 nitrogen and oxygen atoms in total. The van der Waals surface area contributed by atoms with Gasteiger partial charge in [-0.2, -0.15) is 18.3 Å². The lowest BCUT2D eigenvalue weighted by molar-refractivity contribution is -0.140. The third-order valence-electron chi connectivity index (χ3n) is 6.61. The number of nitrogens with zero attached hydrogens (tertiary/aromatic N) is 3. The molecule has 1 amide bonds. The standard InChI is InChI=1S/C27H25F4N5O3/c1-35-14-20(24(34-35)27(29,30)31)18-9-15(13-36-7-8-39-26(36)32)10-19(11-18)25(37)33-23(16-3-4-16)17-5-6-21(28)22(12-17)38-2/h5-12,14,16,23,32H,3-4,13H2,1-2H3,(H,33,37)/t23-/m0/s1. The van der Waals surface area contributed by atoms with Crippen LogP contribution in [0.4, 0.5) is 17.6 Å². The second-order valence-corrected chi connectivity index (χ2v) is 9.50. The summed E-state index contributed by atoms with van der Waals surface area (Å²) in [6, 6.07) is 8.45. The highest BCUT2D eigenvalue weighted by molar-refractivity contribution is 5.96. The van der Waals surface area contributed by atoms with Crippen LogP contribution in [0.25, 0.3) is 11.1 Å². The molecule has 2 heterocycles. The number of benzene rings is 2. The van der Waals surface area contributed by atoms with E-state index in [0.717, 1.165) is 17.5 Å². The zero-order chi connectivity index (χ0) is 27.9. The zero-order valence-corrected chi connectivity index (χ0v) is 21.1. The number of carbonyl (C=O) groups is 1. The highest BCUT2D eigenvalue weighted by Crippen LogP contribution is 2.42. The number of halogens is 4. The monoisotopic (exact) mass is 543 g/mol. The van der Waals surface area contributed by atoms with Gasteiger partial charge in [0, 0.05) is 30.6 Å². The first-order valence-corrected chi connectivity index (χ1v) is 12.1. The third-order valence-corrected chi connectivity index (χ3v) is 6.61. The van der Waals surface area contributed by atoms with Gasteiger partial charge in [0.15, 0.2) is 17.3 Å². The Morgan fingerprint density at radius 2 is 2.03 bits per heavy atom. The molecule has 0 bridgehead atoms. The summed E-state index contributed by atoms with van der Waals surface area (Å²) in [5, 5.41) is 14.5. The van der Waals surface area contributed by atoms with Gasteiger partial charge >= 0.3 is 6.18 Å². The molecular formula is C27H25F4N5O3. The average Bonchev–Trinajstić information content (AvgIpc) is 3.53. The van der Waals surface area contributed by atoms with Crippen molar-refractivity contribution in [2.24, 2.45) is 13.0 Å². The Labute approximate surface area is 220 Å². The van der Waals surface area contributed by atoms with Gasteiger partial charge in [-0.25, -0.2) is 4.39 Å². The van der Waals surface area contributed by atoms with Crippen LogP contribution in [0.3, 0.4) is 0 Å². The third kappa shape index (κ3) is 5.59. The molecule has 12 heteroatoms. The van der Waals surface area contributed by atoms with Crippen LogP contribution in [-0.4, -0.2) is 27.4 Å². The van der Waals surface area contributed by atoms with Crippen LogP contribution < -0.4 is 15.7 Å². The fourth-order valence-corrected chi connectivity index (χ4v) is 4.60. The minimum absolute atomic E-state index is 0.0521. The molecule has 0 aliphatic heterocycles. The van der Waals surface area contributed by atoms with Gasteiger partial charge in [-0.1, -0.05) is 6.07 Å². The highest BCUT2D eigenvalue weighted by Gasteiger charge is 2.38. The summed E-state index contributed by atoms with van der Waals surface area (Å²) in [7, 11) is 2.75. The summed E-state index contributed by atoms with van der Waals surface area (Å²) in [6.07, 6.45) is 1.11. The normalized spacial score (nSPS) is 14.3. The van der Waals surface area contributed by atoms with E-state index in [4.69, 9.17) is 14.6 Å². The number of ether oxygens (including phenoxy) is 1. The number of amides is 1. The molecule has 2 N–H and O–H groups in total. The molecule has 2 aromatic heterocycles. The van der Waals surface area contributed by atoms with Crippen LogP contribution in [-0.2, 0) is 19.8 Å². The molecule has 1 saturated carbocycles. The van der Waals surface area contributed by atoms with E-state index in [2.05, 4.69) is 10.4 Å².